The highest BCUT2D eigenvalue weighted by atomic mass is 16.6. The van der Waals surface area contributed by atoms with Gasteiger partial charge in [0.2, 0.25) is 0 Å². The molecule has 2 saturated heterocycles. The molecule has 2 unspecified atom stereocenters. The number of allylic oxidation sites excluding steroid dienone is 2. The molecule has 0 radical (unpaired) electrons. The van der Waals surface area contributed by atoms with Gasteiger partial charge in [0, 0.05) is 18.5 Å². The number of piperidine rings is 1. The van der Waals surface area contributed by atoms with Gasteiger partial charge in [-0.15, -0.1) is 0 Å². The summed E-state index contributed by atoms with van der Waals surface area (Å²) in [5.74, 6) is -1.07. The molecule has 5 nitrogen and oxygen atoms in total. The SMILES string of the molecule is CCCC/C=C\CCCCCCCC(=O)OCC(C(=O)OC1C[C@H]2CC[C@@H](C1)N2C)c1ccccc1. The van der Waals surface area contributed by atoms with Crippen LogP contribution in [0, 0.1) is 0 Å². The van der Waals surface area contributed by atoms with Crippen molar-refractivity contribution in [3.05, 3.63) is 48.0 Å². The topological polar surface area (TPSA) is 55.8 Å². The van der Waals surface area contributed by atoms with Gasteiger partial charge in [0.05, 0.1) is 0 Å². The summed E-state index contributed by atoms with van der Waals surface area (Å²) in [5, 5.41) is 0. The Kier molecular flexibility index (Phi) is 12.5. The number of carbonyl (C=O) groups excluding carboxylic acids is 2. The third-order valence-electron chi connectivity index (χ3n) is 7.88. The Bertz CT molecular complexity index is 794. The van der Waals surface area contributed by atoms with E-state index >= 15 is 0 Å². The maximum absolute atomic E-state index is 13.2. The number of hydrogen-bond donors (Lipinski definition) is 0. The lowest BCUT2D eigenvalue weighted by atomic mass is 9.98. The van der Waals surface area contributed by atoms with Crippen molar-refractivity contribution >= 4 is 11.9 Å². The molecule has 2 bridgehead atoms. The van der Waals surface area contributed by atoms with Crippen molar-refractivity contribution < 1.29 is 19.1 Å². The average Bonchev–Trinajstić information content (AvgIpc) is 3.08. The van der Waals surface area contributed by atoms with Gasteiger partial charge in [-0.25, -0.2) is 0 Å². The first-order chi connectivity index (χ1) is 17.6. The molecule has 0 amide bonds. The second-order valence-electron chi connectivity index (χ2n) is 10.6. The Morgan fingerprint density at radius 1 is 0.944 bits per heavy atom. The lowest BCUT2D eigenvalue weighted by Gasteiger charge is -2.36. The second-order valence-corrected chi connectivity index (χ2v) is 10.6. The first-order valence-corrected chi connectivity index (χ1v) is 14.4. The Hall–Kier alpha value is -2.14. The van der Waals surface area contributed by atoms with E-state index in [0.717, 1.165) is 44.1 Å². The van der Waals surface area contributed by atoms with Gasteiger partial charge >= 0.3 is 11.9 Å². The number of ether oxygens (including phenoxy) is 2. The summed E-state index contributed by atoms with van der Waals surface area (Å²) in [6.07, 6.45) is 19.5. The molecule has 0 aromatic heterocycles. The maximum Gasteiger partial charge on any atom is 0.317 e. The van der Waals surface area contributed by atoms with Crippen LogP contribution in [0.5, 0.6) is 0 Å². The Morgan fingerprint density at radius 3 is 2.28 bits per heavy atom. The number of rotatable bonds is 16. The highest BCUT2D eigenvalue weighted by molar-refractivity contribution is 5.79. The Labute approximate surface area is 218 Å². The van der Waals surface area contributed by atoms with Crippen LogP contribution in [-0.4, -0.2) is 48.7 Å². The summed E-state index contributed by atoms with van der Waals surface area (Å²) in [7, 11) is 2.18. The molecule has 4 atom stereocenters. The molecule has 5 heteroatoms. The van der Waals surface area contributed by atoms with Gasteiger partial charge in [-0.05, 0) is 64.0 Å². The van der Waals surface area contributed by atoms with Crippen molar-refractivity contribution in [1.82, 2.24) is 4.90 Å². The summed E-state index contributed by atoms with van der Waals surface area (Å²) < 4.78 is 11.6. The van der Waals surface area contributed by atoms with Crippen LogP contribution in [0.4, 0.5) is 0 Å². The third-order valence-corrected chi connectivity index (χ3v) is 7.88. The van der Waals surface area contributed by atoms with E-state index in [1.807, 2.05) is 30.3 Å². The van der Waals surface area contributed by atoms with Crippen molar-refractivity contribution in [3.8, 4) is 0 Å². The average molecular weight is 498 g/mol. The molecule has 3 rings (SSSR count). The van der Waals surface area contributed by atoms with E-state index in [0.29, 0.717) is 18.5 Å². The molecule has 2 aliphatic heterocycles. The van der Waals surface area contributed by atoms with Crippen molar-refractivity contribution in [2.75, 3.05) is 13.7 Å². The van der Waals surface area contributed by atoms with Crippen LogP contribution in [0.25, 0.3) is 0 Å². The van der Waals surface area contributed by atoms with Crippen LogP contribution in [-0.2, 0) is 19.1 Å². The first-order valence-electron chi connectivity index (χ1n) is 14.4. The van der Waals surface area contributed by atoms with E-state index in [9.17, 15) is 9.59 Å². The van der Waals surface area contributed by atoms with E-state index in [2.05, 4.69) is 31.0 Å². The van der Waals surface area contributed by atoms with E-state index in [1.54, 1.807) is 0 Å². The minimum atomic E-state index is -0.571. The van der Waals surface area contributed by atoms with Gasteiger partial charge in [0.25, 0.3) is 0 Å². The van der Waals surface area contributed by atoms with Crippen LogP contribution < -0.4 is 0 Å². The molecular formula is C31H47NO4. The zero-order valence-electron chi connectivity index (χ0n) is 22.5. The fourth-order valence-corrected chi connectivity index (χ4v) is 5.56. The van der Waals surface area contributed by atoms with E-state index in [1.165, 1.54) is 44.9 Å². The molecule has 36 heavy (non-hydrogen) atoms. The monoisotopic (exact) mass is 497 g/mol. The molecule has 0 aliphatic carbocycles. The van der Waals surface area contributed by atoms with Gasteiger partial charge in [-0.1, -0.05) is 81.5 Å². The van der Waals surface area contributed by atoms with Crippen molar-refractivity contribution in [2.45, 2.75) is 121 Å². The fourth-order valence-electron chi connectivity index (χ4n) is 5.56. The van der Waals surface area contributed by atoms with Gasteiger partial charge in [0.15, 0.2) is 0 Å². The summed E-state index contributed by atoms with van der Waals surface area (Å²) in [4.78, 5) is 28.0. The minimum absolute atomic E-state index is 0.0417. The zero-order valence-corrected chi connectivity index (χ0v) is 22.5. The lowest BCUT2D eigenvalue weighted by molar-refractivity contribution is -0.158. The quantitative estimate of drug-likeness (QED) is 0.140. The van der Waals surface area contributed by atoms with Crippen molar-refractivity contribution in [2.24, 2.45) is 0 Å². The highest BCUT2D eigenvalue weighted by Gasteiger charge is 2.40. The standard InChI is InChI=1S/C31H47NO4/c1-3-4-5-6-7-8-9-10-11-12-16-19-30(33)35-24-29(25-17-14-13-15-18-25)31(34)36-28-22-26-20-21-27(23-28)32(26)2/h6-7,13-15,17-18,26-29H,3-5,8-12,16,19-24H2,1-2H3/b7-6-/t26-,27+,28?,29?. The molecule has 200 valence electrons. The van der Waals surface area contributed by atoms with Gasteiger partial charge < -0.3 is 14.4 Å². The zero-order chi connectivity index (χ0) is 25.6. The van der Waals surface area contributed by atoms with Crippen LogP contribution in [0.1, 0.15) is 108 Å². The molecule has 2 fully saturated rings. The van der Waals surface area contributed by atoms with Gasteiger partial charge in [-0.3, -0.25) is 9.59 Å². The van der Waals surface area contributed by atoms with Gasteiger partial charge in [0.1, 0.15) is 18.6 Å². The van der Waals surface area contributed by atoms with E-state index < -0.39 is 5.92 Å². The molecule has 2 aliphatic rings. The number of hydrogen-bond acceptors (Lipinski definition) is 5. The first kappa shape index (κ1) is 28.4. The second kappa shape index (κ2) is 15.9. The molecule has 1 aromatic rings. The number of unbranched alkanes of at least 4 members (excludes halogenated alkanes) is 7. The van der Waals surface area contributed by atoms with E-state index in [-0.39, 0.29) is 24.6 Å². The Morgan fingerprint density at radius 2 is 1.58 bits per heavy atom. The van der Waals surface area contributed by atoms with Crippen LogP contribution in [0.2, 0.25) is 0 Å². The third kappa shape index (κ3) is 9.38. The van der Waals surface area contributed by atoms with Crippen LogP contribution in [0.15, 0.2) is 42.5 Å². The summed E-state index contributed by atoms with van der Waals surface area (Å²) >= 11 is 0. The van der Waals surface area contributed by atoms with Crippen molar-refractivity contribution in [3.63, 3.8) is 0 Å². The largest absolute Gasteiger partial charge is 0.464 e. The lowest BCUT2D eigenvalue weighted by Crippen LogP contribution is -2.44. The van der Waals surface area contributed by atoms with Gasteiger partial charge in [-0.2, -0.15) is 0 Å². The highest BCUT2D eigenvalue weighted by Crippen LogP contribution is 2.36. The predicted molar refractivity (Wildman–Crippen MR) is 145 cm³/mol. The smallest absolute Gasteiger partial charge is 0.317 e. The normalized spacial score (nSPS) is 22.6. The number of carbonyl (C=O) groups is 2. The minimum Gasteiger partial charge on any atom is -0.464 e. The number of nitrogens with zero attached hydrogens (tertiary/aromatic N) is 1. The molecule has 0 N–H and O–H groups in total. The summed E-state index contributed by atoms with van der Waals surface area (Å²) in [6.45, 7) is 2.27. The number of benzene rings is 1. The number of fused-ring (bicyclic) bond motifs is 2. The molecule has 0 spiro atoms. The summed E-state index contributed by atoms with van der Waals surface area (Å²) in [6, 6.07) is 10.6. The molecule has 0 saturated carbocycles. The van der Waals surface area contributed by atoms with Crippen LogP contribution in [0.3, 0.4) is 0 Å². The molecule has 2 heterocycles. The molecular weight excluding hydrogens is 450 g/mol. The summed E-state index contributed by atoms with van der Waals surface area (Å²) in [5.41, 5.74) is 0.843. The predicted octanol–water partition coefficient (Wildman–Crippen LogP) is 6.96. The Balaban J connectivity index is 1.36. The van der Waals surface area contributed by atoms with Crippen LogP contribution >= 0.6 is 0 Å². The molecule has 1 aromatic carbocycles. The number of esters is 2. The fraction of sp³-hybridized carbons (Fsp3) is 0.677. The van der Waals surface area contributed by atoms with E-state index in [4.69, 9.17) is 9.47 Å². The maximum atomic E-state index is 13.2. The van der Waals surface area contributed by atoms with Crippen molar-refractivity contribution in [1.29, 1.82) is 0 Å².